The van der Waals surface area contributed by atoms with Crippen LogP contribution in [-0.4, -0.2) is 49.9 Å². The van der Waals surface area contributed by atoms with Crippen LogP contribution >= 0.6 is 7.82 Å². The molecule has 0 amide bonds. The average molecular weight is 754 g/mol. The van der Waals surface area contributed by atoms with E-state index < -0.39 is 13.9 Å². The lowest BCUT2D eigenvalue weighted by molar-refractivity contribution is -0.154. The van der Waals surface area contributed by atoms with Crippen LogP contribution < -0.4 is 5.73 Å². The van der Waals surface area contributed by atoms with Crippen molar-refractivity contribution in [2.45, 2.75) is 187 Å². The fourth-order valence-electron chi connectivity index (χ4n) is 5.63. The summed E-state index contributed by atoms with van der Waals surface area (Å²) >= 11 is 0. The largest absolute Gasteiger partial charge is 0.472 e. The fourth-order valence-corrected chi connectivity index (χ4v) is 6.39. The molecule has 0 bridgehead atoms. The molecule has 0 saturated heterocycles. The van der Waals surface area contributed by atoms with Crippen LogP contribution in [0, 0.1) is 0 Å². The maximum atomic E-state index is 12.6. The van der Waals surface area contributed by atoms with E-state index in [1.807, 2.05) is 0 Å². The summed E-state index contributed by atoms with van der Waals surface area (Å²) in [5, 5.41) is 0. The standard InChI is InChI=1S/C43H80NO7P/c1-3-5-7-9-11-13-15-17-19-20-21-22-23-24-26-28-30-32-34-36-43(45)51-42(41-50-52(46,47)49-39-37-44)40-48-38-35-33-31-29-27-25-18-16-14-12-10-8-6-4-2/h11,13,17,19,21-22,24,26,42H,3-10,12,14-16,18,20,23,25,27-41,44H2,1-2H3,(H,46,47)/b13-11-,19-17-,22-21-,26-24-/t42-/m1/s1. The quantitative estimate of drug-likeness (QED) is 0.0275. The van der Waals surface area contributed by atoms with Crippen molar-refractivity contribution in [3.05, 3.63) is 48.6 Å². The molecule has 0 aromatic heterocycles. The normalized spacial score (nSPS) is 14.0. The van der Waals surface area contributed by atoms with Crippen molar-refractivity contribution >= 4 is 13.8 Å². The Morgan fingerprint density at radius 3 is 1.54 bits per heavy atom. The summed E-state index contributed by atoms with van der Waals surface area (Å²) in [6.45, 7) is 4.86. The van der Waals surface area contributed by atoms with Gasteiger partial charge in [-0.2, -0.15) is 0 Å². The Hall–Kier alpha value is -1.54. The number of phosphoric ester groups is 1. The predicted molar refractivity (Wildman–Crippen MR) is 219 cm³/mol. The van der Waals surface area contributed by atoms with Gasteiger partial charge in [-0.15, -0.1) is 0 Å². The number of phosphoric acid groups is 1. The number of carbonyl (C=O) groups excluding carboxylic acids is 1. The second-order valence-electron chi connectivity index (χ2n) is 13.9. The zero-order valence-corrected chi connectivity index (χ0v) is 34.4. The van der Waals surface area contributed by atoms with Gasteiger partial charge in [0.2, 0.25) is 0 Å². The highest BCUT2D eigenvalue weighted by Crippen LogP contribution is 2.43. The minimum Gasteiger partial charge on any atom is -0.457 e. The molecule has 0 heterocycles. The summed E-state index contributed by atoms with van der Waals surface area (Å²) in [6.07, 6.45) is 46.9. The van der Waals surface area contributed by atoms with Crippen LogP contribution in [-0.2, 0) is 27.9 Å². The highest BCUT2D eigenvalue weighted by atomic mass is 31.2. The van der Waals surface area contributed by atoms with Gasteiger partial charge < -0.3 is 20.1 Å². The molecule has 0 radical (unpaired) electrons. The summed E-state index contributed by atoms with van der Waals surface area (Å²) in [7, 11) is -4.28. The van der Waals surface area contributed by atoms with Crippen molar-refractivity contribution in [3.63, 3.8) is 0 Å². The second-order valence-corrected chi connectivity index (χ2v) is 15.3. The Balaban J connectivity index is 4.12. The number of carbonyl (C=O) groups is 1. The number of hydrogen-bond donors (Lipinski definition) is 2. The third-order valence-corrected chi connectivity index (χ3v) is 9.73. The second kappa shape index (κ2) is 40.6. The van der Waals surface area contributed by atoms with Gasteiger partial charge in [0.25, 0.3) is 0 Å². The topological polar surface area (TPSA) is 117 Å². The molecule has 304 valence electrons. The van der Waals surface area contributed by atoms with Gasteiger partial charge in [-0.1, -0.05) is 165 Å². The average Bonchev–Trinajstić information content (AvgIpc) is 3.13. The van der Waals surface area contributed by atoms with Crippen molar-refractivity contribution in [2.75, 3.05) is 33.0 Å². The van der Waals surface area contributed by atoms with Crippen LogP contribution in [0.25, 0.3) is 0 Å². The van der Waals surface area contributed by atoms with Gasteiger partial charge in [-0.25, -0.2) is 4.57 Å². The first-order chi connectivity index (χ1) is 25.4. The van der Waals surface area contributed by atoms with E-state index in [2.05, 4.69) is 62.5 Å². The third-order valence-electron chi connectivity index (χ3n) is 8.75. The number of rotatable bonds is 40. The Morgan fingerprint density at radius 2 is 1.02 bits per heavy atom. The molecule has 2 atom stereocenters. The number of esters is 1. The van der Waals surface area contributed by atoms with E-state index in [4.69, 9.17) is 24.3 Å². The van der Waals surface area contributed by atoms with Crippen molar-refractivity contribution in [2.24, 2.45) is 5.73 Å². The number of hydrogen-bond acceptors (Lipinski definition) is 7. The highest BCUT2D eigenvalue weighted by molar-refractivity contribution is 7.47. The van der Waals surface area contributed by atoms with E-state index in [1.165, 1.54) is 103 Å². The molecule has 1 unspecified atom stereocenters. The van der Waals surface area contributed by atoms with Gasteiger partial charge in [0.05, 0.1) is 19.8 Å². The molecular formula is C43H80NO7P. The molecule has 0 aliphatic heterocycles. The maximum Gasteiger partial charge on any atom is 0.472 e. The summed E-state index contributed by atoms with van der Waals surface area (Å²) in [5.74, 6) is -0.359. The van der Waals surface area contributed by atoms with Crippen LogP contribution in [0.5, 0.6) is 0 Å². The zero-order chi connectivity index (χ0) is 38.1. The molecule has 0 saturated carbocycles. The molecule has 0 fully saturated rings. The van der Waals surface area contributed by atoms with Crippen molar-refractivity contribution in [1.82, 2.24) is 0 Å². The van der Waals surface area contributed by atoms with Crippen LogP contribution in [0.3, 0.4) is 0 Å². The Bertz CT molecular complexity index is 936. The van der Waals surface area contributed by atoms with Crippen molar-refractivity contribution in [3.8, 4) is 0 Å². The van der Waals surface area contributed by atoms with Gasteiger partial charge in [-0.3, -0.25) is 13.8 Å². The molecule has 8 nitrogen and oxygen atoms in total. The first kappa shape index (κ1) is 50.5. The summed E-state index contributed by atoms with van der Waals surface area (Å²) in [6, 6.07) is 0. The lowest BCUT2D eigenvalue weighted by Crippen LogP contribution is -2.28. The monoisotopic (exact) mass is 754 g/mol. The van der Waals surface area contributed by atoms with Gasteiger partial charge in [-0.05, 0) is 57.8 Å². The number of nitrogens with two attached hydrogens (primary N) is 1. The third kappa shape index (κ3) is 39.7. The van der Waals surface area contributed by atoms with Gasteiger partial charge in [0.1, 0.15) is 6.10 Å². The minimum absolute atomic E-state index is 0.0943. The summed E-state index contributed by atoms with van der Waals surface area (Å²) in [5.41, 5.74) is 5.36. The fraction of sp³-hybridized carbons (Fsp3) is 0.791. The number of allylic oxidation sites excluding steroid dienone is 8. The van der Waals surface area contributed by atoms with E-state index >= 15 is 0 Å². The Kier molecular flexibility index (Phi) is 39.4. The van der Waals surface area contributed by atoms with Crippen LogP contribution in [0.2, 0.25) is 0 Å². The maximum absolute atomic E-state index is 12.6. The first-order valence-electron chi connectivity index (χ1n) is 21.1. The molecule has 9 heteroatoms. The minimum atomic E-state index is -4.28. The lowest BCUT2D eigenvalue weighted by atomic mass is 10.0. The van der Waals surface area contributed by atoms with E-state index in [9.17, 15) is 14.3 Å². The smallest absolute Gasteiger partial charge is 0.457 e. The van der Waals surface area contributed by atoms with Crippen LogP contribution in [0.4, 0.5) is 0 Å². The van der Waals surface area contributed by atoms with E-state index in [0.29, 0.717) is 6.61 Å². The highest BCUT2D eigenvalue weighted by Gasteiger charge is 2.25. The summed E-state index contributed by atoms with van der Waals surface area (Å²) < 4.78 is 33.4. The molecular weight excluding hydrogens is 673 g/mol. The SMILES string of the molecule is CCCCC/C=C\C/C=C\C/C=C\C/C=C\CCCCCC(=O)O[C@H](COCCCCCCCCCCCCCCCC)COP(=O)(O)OCCN. The lowest BCUT2D eigenvalue weighted by Gasteiger charge is -2.20. The Labute approximate surface area is 320 Å². The molecule has 0 rings (SSSR count). The molecule has 0 aromatic carbocycles. The van der Waals surface area contributed by atoms with Gasteiger partial charge >= 0.3 is 13.8 Å². The molecule has 3 N–H and O–H groups in total. The molecule has 0 aliphatic carbocycles. The molecule has 0 aliphatic rings. The molecule has 0 spiro atoms. The van der Waals surface area contributed by atoms with E-state index in [0.717, 1.165) is 57.8 Å². The van der Waals surface area contributed by atoms with E-state index in [1.54, 1.807) is 0 Å². The number of ether oxygens (including phenoxy) is 2. The Morgan fingerprint density at radius 1 is 0.577 bits per heavy atom. The van der Waals surface area contributed by atoms with Crippen LogP contribution in [0.1, 0.15) is 181 Å². The molecule has 0 aromatic rings. The first-order valence-corrected chi connectivity index (χ1v) is 22.6. The predicted octanol–water partition coefficient (Wildman–Crippen LogP) is 12.4. The van der Waals surface area contributed by atoms with Crippen molar-refractivity contribution < 1.29 is 32.8 Å². The van der Waals surface area contributed by atoms with Crippen LogP contribution in [0.15, 0.2) is 48.6 Å². The summed E-state index contributed by atoms with van der Waals surface area (Å²) in [4.78, 5) is 22.4. The van der Waals surface area contributed by atoms with E-state index in [-0.39, 0.29) is 38.8 Å². The van der Waals surface area contributed by atoms with Gasteiger partial charge in [0.15, 0.2) is 0 Å². The molecule has 52 heavy (non-hydrogen) atoms. The van der Waals surface area contributed by atoms with Crippen molar-refractivity contribution in [1.29, 1.82) is 0 Å². The number of unbranched alkanes of at least 4 members (excludes halogenated alkanes) is 19. The zero-order valence-electron chi connectivity index (χ0n) is 33.5. The van der Waals surface area contributed by atoms with Gasteiger partial charge in [0, 0.05) is 19.6 Å².